The quantitative estimate of drug-likeness (QED) is 0.413. The van der Waals surface area contributed by atoms with Crippen LogP contribution in [0.1, 0.15) is 32.3 Å². The molecule has 1 aliphatic rings. The molecule has 0 unspecified atom stereocenters. The highest BCUT2D eigenvalue weighted by molar-refractivity contribution is 14.0. The molecule has 2 rings (SSSR count). The van der Waals surface area contributed by atoms with Gasteiger partial charge in [-0.15, -0.1) is 24.0 Å². The fourth-order valence-electron chi connectivity index (χ4n) is 2.92. The molecule has 5 nitrogen and oxygen atoms in total. The van der Waals surface area contributed by atoms with Crippen molar-refractivity contribution >= 4 is 29.9 Å². The molecule has 1 aliphatic heterocycles. The first-order chi connectivity index (χ1) is 11.3. The van der Waals surface area contributed by atoms with Gasteiger partial charge in [-0.25, -0.2) is 0 Å². The summed E-state index contributed by atoms with van der Waals surface area (Å²) in [5.41, 5.74) is 1.15. The average Bonchev–Trinajstić information content (AvgIpc) is 2.59. The normalized spacial score (nSPS) is 15.8. The van der Waals surface area contributed by atoms with Crippen molar-refractivity contribution in [2.45, 2.75) is 39.3 Å². The summed E-state index contributed by atoms with van der Waals surface area (Å²) in [5.74, 6) is 1.89. The molecule has 1 saturated heterocycles. The lowest BCUT2D eigenvalue weighted by atomic mass is 10.1. The van der Waals surface area contributed by atoms with E-state index in [1.54, 1.807) is 0 Å². The molecule has 0 bridgehead atoms. The van der Waals surface area contributed by atoms with Gasteiger partial charge in [-0.2, -0.15) is 0 Å². The highest BCUT2D eigenvalue weighted by Crippen LogP contribution is 2.18. The standard InChI is InChI=1S/C18H29N3O2.HI/c1-4-22-16-10-12-21(13-11-16)18(19-3)20-14-15-8-6-7-9-17(15)23-5-2;/h6-9,16H,4-5,10-14H2,1-3H3,(H,19,20);1H. The van der Waals surface area contributed by atoms with Crippen LogP contribution in [-0.2, 0) is 11.3 Å². The van der Waals surface area contributed by atoms with Crippen LogP contribution in [0, 0.1) is 0 Å². The zero-order valence-corrected chi connectivity index (χ0v) is 17.3. The molecule has 1 aromatic rings. The van der Waals surface area contributed by atoms with Crippen LogP contribution < -0.4 is 10.1 Å². The van der Waals surface area contributed by atoms with Gasteiger partial charge in [0.15, 0.2) is 5.96 Å². The van der Waals surface area contributed by atoms with E-state index in [-0.39, 0.29) is 24.0 Å². The van der Waals surface area contributed by atoms with Crippen molar-refractivity contribution < 1.29 is 9.47 Å². The van der Waals surface area contributed by atoms with E-state index in [1.807, 2.05) is 32.2 Å². The third kappa shape index (κ3) is 6.12. The molecule has 1 heterocycles. The van der Waals surface area contributed by atoms with Gasteiger partial charge in [0, 0.05) is 38.9 Å². The first-order valence-electron chi connectivity index (χ1n) is 8.56. The summed E-state index contributed by atoms with van der Waals surface area (Å²) in [6.45, 7) is 8.22. The molecule has 0 saturated carbocycles. The lowest BCUT2D eigenvalue weighted by Crippen LogP contribution is -2.46. The zero-order valence-electron chi connectivity index (χ0n) is 15.0. The van der Waals surface area contributed by atoms with Crippen LogP contribution in [0.4, 0.5) is 0 Å². The highest BCUT2D eigenvalue weighted by Gasteiger charge is 2.21. The van der Waals surface area contributed by atoms with E-state index in [2.05, 4.69) is 28.2 Å². The Morgan fingerprint density at radius 3 is 2.54 bits per heavy atom. The summed E-state index contributed by atoms with van der Waals surface area (Å²) in [6, 6.07) is 8.14. The second-order valence-corrected chi connectivity index (χ2v) is 5.58. The monoisotopic (exact) mass is 447 g/mol. The molecular formula is C18H30IN3O2. The number of benzene rings is 1. The SMILES string of the molecule is CCOc1ccccc1CNC(=NC)N1CCC(OCC)CC1.I. The number of aliphatic imine (C=N–C) groups is 1. The first kappa shape index (κ1) is 21.0. The predicted molar refractivity (Wildman–Crippen MR) is 109 cm³/mol. The molecule has 24 heavy (non-hydrogen) atoms. The van der Waals surface area contributed by atoms with Crippen LogP contribution >= 0.6 is 24.0 Å². The number of likely N-dealkylation sites (tertiary alicyclic amines) is 1. The number of guanidine groups is 1. The van der Waals surface area contributed by atoms with E-state index in [9.17, 15) is 0 Å². The van der Waals surface area contributed by atoms with Gasteiger partial charge < -0.3 is 19.7 Å². The minimum atomic E-state index is 0. The average molecular weight is 447 g/mol. The molecule has 6 heteroatoms. The summed E-state index contributed by atoms with van der Waals surface area (Å²) in [7, 11) is 1.84. The van der Waals surface area contributed by atoms with Crippen molar-refractivity contribution in [1.29, 1.82) is 0 Å². The number of rotatable bonds is 6. The summed E-state index contributed by atoms with van der Waals surface area (Å²) in [6.07, 6.45) is 2.52. The van der Waals surface area contributed by atoms with Gasteiger partial charge in [0.25, 0.3) is 0 Å². The van der Waals surface area contributed by atoms with Crippen molar-refractivity contribution in [1.82, 2.24) is 10.2 Å². The van der Waals surface area contributed by atoms with Gasteiger partial charge in [0.1, 0.15) is 5.75 Å². The summed E-state index contributed by atoms with van der Waals surface area (Å²) in [4.78, 5) is 6.73. The minimum absolute atomic E-state index is 0. The van der Waals surface area contributed by atoms with Crippen molar-refractivity contribution in [3.63, 3.8) is 0 Å². The fourth-order valence-corrected chi connectivity index (χ4v) is 2.92. The van der Waals surface area contributed by atoms with Gasteiger partial charge in [-0.05, 0) is 32.8 Å². The zero-order chi connectivity index (χ0) is 16.5. The first-order valence-corrected chi connectivity index (χ1v) is 8.56. The lowest BCUT2D eigenvalue weighted by molar-refractivity contribution is 0.0263. The van der Waals surface area contributed by atoms with Crippen molar-refractivity contribution in [3.8, 4) is 5.75 Å². The Bertz CT molecular complexity index is 503. The van der Waals surface area contributed by atoms with Gasteiger partial charge in [0.2, 0.25) is 0 Å². The van der Waals surface area contributed by atoms with E-state index in [1.165, 1.54) is 0 Å². The van der Waals surface area contributed by atoms with Crippen LogP contribution in [-0.4, -0.2) is 50.3 Å². The second kappa shape index (κ2) is 11.5. The summed E-state index contributed by atoms with van der Waals surface area (Å²) >= 11 is 0. The van der Waals surface area contributed by atoms with Crippen LogP contribution in [0.3, 0.4) is 0 Å². The van der Waals surface area contributed by atoms with Gasteiger partial charge >= 0.3 is 0 Å². The molecule has 0 aliphatic carbocycles. The van der Waals surface area contributed by atoms with Gasteiger partial charge in [-0.3, -0.25) is 4.99 Å². The minimum Gasteiger partial charge on any atom is -0.494 e. The number of para-hydroxylation sites is 1. The van der Waals surface area contributed by atoms with Gasteiger partial charge in [0.05, 0.1) is 12.7 Å². The van der Waals surface area contributed by atoms with Crippen molar-refractivity contribution in [3.05, 3.63) is 29.8 Å². The maximum absolute atomic E-state index is 5.71. The smallest absolute Gasteiger partial charge is 0.193 e. The van der Waals surface area contributed by atoms with Crippen LogP contribution in [0.5, 0.6) is 5.75 Å². The van der Waals surface area contributed by atoms with E-state index in [4.69, 9.17) is 9.47 Å². The molecule has 1 N–H and O–H groups in total. The van der Waals surface area contributed by atoms with E-state index < -0.39 is 0 Å². The fraction of sp³-hybridized carbons (Fsp3) is 0.611. The molecule has 1 fully saturated rings. The van der Waals surface area contributed by atoms with E-state index in [0.717, 1.165) is 49.8 Å². The third-order valence-corrected chi connectivity index (χ3v) is 4.07. The van der Waals surface area contributed by atoms with Crippen LogP contribution in [0.15, 0.2) is 29.3 Å². The Morgan fingerprint density at radius 1 is 1.21 bits per heavy atom. The highest BCUT2D eigenvalue weighted by atomic mass is 127. The number of hydrogen-bond donors (Lipinski definition) is 1. The molecule has 0 aromatic heterocycles. The molecule has 1 aromatic carbocycles. The molecule has 0 radical (unpaired) electrons. The van der Waals surface area contributed by atoms with E-state index in [0.29, 0.717) is 19.3 Å². The Morgan fingerprint density at radius 2 is 1.92 bits per heavy atom. The Labute approximate surface area is 162 Å². The number of nitrogens with one attached hydrogen (secondary N) is 1. The topological polar surface area (TPSA) is 46.1 Å². The summed E-state index contributed by atoms with van der Waals surface area (Å²) < 4.78 is 11.4. The van der Waals surface area contributed by atoms with Crippen molar-refractivity contribution in [2.75, 3.05) is 33.4 Å². The molecule has 0 spiro atoms. The second-order valence-electron chi connectivity index (χ2n) is 5.58. The molecule has 136 valence electrons. The lowest BCUT2D eigenvalue weighted by Gasteiger charge is -2.34. The maximum Gasteiger partial charge on any atom is 0.193 e. The van der Waals surface area contributed by atoms with Crippen LogP contribution in [0.25, 0.3) is 0 Å². The Kier molecular flexibility index (Phi) is 10.1. The molecule has 0 atom stereocenters. The number of piperidine rings is 1. The molecule has 0 amide bonds. The third-order valence-electron chi connectivity index (χ3n) is 4.07. The Hall–Kier alpha value is -1.02. The van der Waals surface area contributed by atoms with Gasteiger partial charge in [-0.1, -0.05) is 18.2 Å². The van der Waals surface area contributed by atoms with Crippen molar-refractivity contribution in [2.24, 2.45) is 4.99 Å². The Balaban J connectivity index is 0.00000288. The maximum atomic E-state index is 5.71. The number of halogens is 1. The predicted octanol–water partition coefficient (Wildman–Crippen LogP) is 3.28. The number of nitrogens with zero attached hydrogens (tertiary/aromatic N) is 2. The largest absolute Gasteiger partial charge is 0.494 e. The number of ether oxygens (including phenoxy) is 2. The van der Waals surface area contributed by atoms with E-state index >= 15 is 0 Å². The van der Waals surface area contributed by atoms with Crippen LogP contribution in [0.2, 0.25) is 0 Å². The summed E-state index contributed by atoms with van der Waals surface area (Å²) in [5, 5.41) is 3.46. The number of hydrogen-bond acceptors (Lipinski definition) is 3. The molecular weight excluding hydrogens is 417 g/mol.